The van der Waals surface area contributed by atoms with E-state index in [9.17, 15) is 5.11 Å². The molecule has 0 aliphatic heterocycles. The van der Waals surface area contributed by atoms with Crippen molar-refractivity contribution in [3.8, 4) is 11.5 Å². The highest BCUT2D eigenvalue weighted by atomic mass is 32.1. The Bertz CT molecular complexity index is 641. The van der Waals surface area contributed by atoms with Gasteiger partial charge in [0.15, 0.2) is 5.96 Å². The molecule has 1 aromatic carbocycles. The van der Waals surface area contributed by atoms with Gasteiger partial charge in [0.05, 0.1) is 13.7 Å². The van der Waals surface area contributed by atoms with Crippen LogP contribution in [0.5, 0.6) is 11.5 Å². The number of rotatable bonds is 6. The Hall–Kier alpha value is -2.21. The molecule has 2 rings (SSSR count). The van der Waals surface area contributed by atoms with Crippen LogP contribution in [0.25, 0.3) is 0 Å². The molecule has 0 saturated carbocycles. The van der Waals surface area contributed by atoms with Crippen molar-refractivity contribution in [3.05, 3.63) is 46.2 Å². The SMILES string of the molecule is CCNC(=NCc1cc(OC)ccc1O)N(C)Cc1ccsc1. The third-order valence-corrected chi connectivity index (χ3v) is 4.11. The van der Waals surface area contributed by atoms with Gasteiger partial charge in [-0.05, 0) is 47.5 Å². The largest absolute Gasteiger partial charge is 0.508 e. The van der Waals surface area contributed by atoms with Crippen LogP contribution in [0.3, 0.4) is 0 Å². The quantitative estimate of drug-likeness (QED) is 0.630. The van der Waals surface area contributed by atoms with Crippen molar-refractivity contribution in [2.45, 2.75) is 20.0 Å². The molecule has 0 spiro atoms. The molecule has 23 heavy (non-hydrogen) atoms. The van der Waals surface area contributed by atoms with E-state index in [1.807, 2.05) is 14.0 Å². The van der Waals surface area contributed by atoms with Crippen molar-refractivity contribution in [3.63, 3.8) is 0 Å². The van der Waals surface area contributed by atoms with Gasteiger partial charge in [0.25, 0.3) is 0 Å². The Morgan fingerprint density at radius 2 is 2.22 bits per heavy atom. The molecule has 0 aliphatic carbocycles. The fraction of sp³-hybridized carbons (Fsp3) is 0.353. The lowest BCUT2D eigenvalue weighted by molar-refractivity contribution is 0.410. The fourth-order valence-corrected chi connectivity index (χ4v) is 2.84. The van der Waals surface area contributed by atoms with Crippen LogP contribution in [0.2, 0.25) is 0 Å². The second-order valence-electron chi connectivity index (χ2n) is 5.15. The molecule has 124 valence electrons. The normalized spacial score (nSPS) is 11.3. The zero-order chi connectivity index (χ0) is 16.7. The van der Waals surface area contributed by atoms with Gasteiger partial charge in [0.2, 0.25) is 0 Å². The Balaban J connectivity index is 2.11. The molecule has 0 unspecified atom stereocenters. The Kier molecular flexibility index (Phi) is 6.29. The minimum Gasteiger partial charge on any atom is -0.508 e. The Morgan fingerprint density at radius 3 is 2.87 bits per heavy atom. The standard InChI is InChI=1S/C17H23N3O2S/c1-4-18-17(20(2)11-13-7-8-23-12-13)19-10-14-9-15(22-3)5-6-16(14)21/h5-9,12,21H,4,10-11H2,1-3H3,(H,18,19). The number of benzene rings is 1. The predicted octanol–water partition coefficient (Wildman–Crippen LogP) is 3.06. The Morgan fingerprint density at radius 1 is 1.39 bits per heavy atom. The first-order chi connectivity index (χ1) is 11.1. The van der Waals surface area contributed by atoms with Gasteiger partial charge < -0.3 is 20.1 Å². The number of methoxy groups -OCH3 is 1. The number of aromatic hydroxyl groups is 1. The molecule has 1 aromatic heterocycles. The molecule has 0 fully saturated rings. The van der Waals surface area contributed by atoms with Crippen molar-refractivity contribution in [2.75, 3.05) is 20.7 Å². The summed E-state index contributed by atoms with van der Waals surface area (Å²) in [6, 6.07) is 7.28. The number of phenolic OH excluding ortho intramolecular Hbond substituents is 1. The van der Waals surface area contributed by atoms with Gasteiger partial charge in [-0.3, -0.25) is 0 Å². The number of aliphatic imine (C=N–C) groups is 1. The fourth-order valence-electron chi connectivity index (χ4n) is 2.18. The van der Waals surface area contributed by atoms with E-state index in [1.54, 1.807) is 36.6 Å². The third kappa shape index (κ3) is 4.89. The summed E-state index contributed by atoms with van der Waals surface area (Å²) in [7, 11) is 3.61. The summed E-state index contributed by atoms with van der Waals surface area (Å²) in [6.45, 7) is 4.01. The lowest BCUT2D eigenvalue weighted by atomic mass is 10.2. The number of phenols is 1. The number of thiophene rings is 1. The van der Waals surface area contributed by atoms with E-state index >= 15 is 0 Å². The first-order valence-electron chi connectivity index (χ1n) is 7.50. The molecule has 0 aliphatic rings. The zero-order valence-electron chi connectivity index (χ0n) is 13.7. The van der Waals surface area contributed by atoms with Crippen molar-refractivity contribution in [1.29, 1.82) is 0 Å². The van der Waals surface area contributed by atoms with Crippen LogP contribution < -0.4 is 10.1 Å². The van der Waals surface area contributed by atoms with Crippen molar-refractivity contribution < 1.29 is 9.84 Å². The maximum absolute atomic E-state index is 9.96. The molecule has 0 saturated heterocycles. The molecule has 0 amide bonds. The predicted molar refractivity (Wildman–Crippen MR) is 95.3 cm³/mol. The highest BCUT2D eigenvalue weighted by molar-refractivity contribution is 7.07. The van der Waals surface area contributed by atoms with E-state index in [4.69, 9.17) is 4.74 Å². The zero-order valence-corrected chi connectivity index (χ0v) is 14.6. The van der Waals surface area contributed by atoms with Crippen molar-refractivity contribution in [1.82, 2.24) is 10.2 Å². The summed E-state index contributed by atoms with van der Waals surface area (Å²) in [5.41, 5.74) is 2.00. The van der Waals surface area contributed by atoms with E-state index in [1.165, 1.54) is 5.56 Å². The summed E-state index contributed by atoms with van der Waals surface area (Å²) < 4.78 is 5.20. The summed E-state index contributed by atoms with van der Waals surface area (Å²) in [5.74, 6) is 1.75. The van der Waals surface area contributed by atoms with E-state index in [0.29, 0.717) is 12.3 Å². The number of hydrogen-bond donors (Lipinski definition) is 2. The lowest BCUT2D eigenvalue weighted by Crippen LogP contribution is -2.38. The summed E-state index contributed by atoms with van der Waals surface area (Å²) in [6.07, 6.45) is 0. The number of hydrogen-bond acceptors (Lipinski definition) is 4. The second kappa shape index (κ2) is 8.43. The van der Waals surface area contributed by atoms with Crippen molar-refractivity contribution >= 4 is 17.3 Å². The highest BCUT2D eigenvalue weighted by Gasteiger charge is 2.08. The summed E-state index contributed by atoms with van der Waals surface area (Å²) >= 11 is 1.69. The summed E-state index contributed by atoms with van der Waals surface area (Å²) in [4.78, 5) is 6.69. The monoisotopic (exact) mass is 333 g/mol. The maximum Gasteiger partial charge on any atom is 0.194 e. The van der Waals surface area contributed by atoms with E-state index < -0.39 is 0 Å². The lowest BCUT2D eigenvalue weighted by Gasteiger charge is -2.21. The van der Waals surface area contributed by atoms with Crippen LogP contribution in [-0.4, -0.2) is 36.7 Å². The molecule has 2 N–H and O–H groups in total. The van der Waals surface area contributed by atoms with E-state index in [-0.39, 0.29) is 5.75 Å². The minimum absolute atomic E-state index is 0.228. The molecular formula is C17H23N3O2S. The molecule has 0 bridgehead atoms. The van der Waals surface area contributed by atoms with Gasteiger partial charge >= 0.3 is 0 Å². The highest BCUT2D eigenvalue weighted by Crippen LogP contribution is 2.23. The molecule has 6 heteroatoms. The van der Waals surface area contributed by atoms with Crippen LogP contribution in [0, 0.1) is 0 Å². The first-order valence-corrected chi connectivity index (χ1v) is 8.44. The minimum atomic E-state index is 0.228. The number of nitrogens with one attached hydrogen (secondary N) is 1. The first kappa shape index (κ1) is 17.1. The number of nitrogens with zero attached hydrogens (tertiary/aromatic N) is 2. The topological polar surface area (TPSA) is 57.1 Å². The van der Waals surface area contributed by atoms with Crippen molar-refractivity contribution in [2.24, 2.45) is 4.99 Å². The molecule has 1 heterocycles. The van der Waals surface area contributed by atoms with Crippen LogP contribution in [-0.2, 0) is 13.1 Å². The smallest absolute Gasteiger partial charge is 0.194 e. The average Bonchev–Trinajstić information content (AvgIpc) is 3.05. The molecule has 0 atom stereocenters. The Labute approximate surface area is 141 Å². The van der Waals surface area contributed by atoms with Gasteiger partial charge in [-0.25, -0.2) is 4.99 Å². The second-order valence-corrected chi connectivity index (χ2v) is 5.93. The third-order valence-electron chi connectivity index (χ3n) is 3.38. The van der Waals surface area contributed by atoms with Crippen LogP contribution >= 0.6 is 11.3 Å². The number of ether oxygens (including phenoxy) is 1. The van der Waals surface area contributed by atoms with Crippen LogP contribution in [0.4, 0.5) is 0 Å². The molecule has 2 aromatic rings. The van der Waals surface area contributed by atoms with Gasteiger partial charge in [-0.15, -0.1) is 0 Å². The summed E-state index contributed by atoms with van der Waals surface area (Å²) in [5, 5.41) is 17.4. The average molecular weight is 333 g/mol. The molecular weight excluding hydrogens is 310 g/mol. The van der Waals surface area contributed by atoms with Crippen LogP contribution in [0.1, 0.15) is 18.1 Å². The van der Waals surface area contributed by atoms with E-state index in [2.05, 4.69) is 32.0 Å². The van der Waals surface area contributed by atoms with Gasteiger partial charge in [0.1, 0.15) is 11.5 Å². The van der Waals surface area contributed by atoms with Gasteiger partial charge in [0, 0.05) is 25.7 Å². The molecule has 5 nitrogen and oxygen atoms in total. The maximum atomic E-state index is 9.96. The van der Waals surface area contributed by atoms with Crippen LogP contribution in [0.15, 0.2) is 40.0 Å². The van der Waals surface area contributed by atoms with E-state index in [0.717, 1.165) is 24.6 Å². The van der Waals surface area contributed by atoms with Gasteiger partial charge in [-0.2, -0.15) is 11.3 Å². The molecule has 0 radical (unpaired) electrons. The number of guanidine groups is 1. The van der Waals surface area contributed by atoms with Gasteiger partial charge in [-0.1, -0.05) is 0 Å².